The van der Waals surface area contributed by atoms with E-state index in [0.717, 1.165) is 11.3 Å². The maximum atomic E-state index is 2.46. The van der Waals surface area contributed by atoms with Crippen molar-refractivity contribution in [2.45, 2.75) is 127 Å². The van der Waals surface area contributed by atoms with E-state index in [-0.39, 0.29) is 15.8 Å². The van der Waals surface area contributed by atoms with E-state index < -0.39 is 0 Å². The van der Waals surface area contributed by atoms with Gasteiger partial charge in [-0.2, -0.15) is 0 Å². The lowest BCUT2D eigenvalue weighted by molar-refractivity contribution is 0.487. The molecule has 0 saturated heterocycles. The highest BCUT2D eigenvalue weighted by molar-refractivity contribution is 7.68. The minimum Gasteiger partial charge on any atom is -0.378 e. The molecule has 0 unspecified atom stereocenters. The number of benzene rings is 3. The molecule has 0 amide bonds. The summed E-state index contributed by atoms with van der Waals surface area (Å²) in [6.07, 6.45) is 14.9. The normalized spacial score (nSPS) is 17.1. The molecule has 0 atom stereocenters. The first-order valence-electron chi connectivity index (χ1n) is 17.0. The van der Waals surface area contributed by atoms with Gasteiger partial charge in [0.1, 0.15) is 0 Å². The van der Waals surface area contributed by atoms with Crippen molar-refractivity contribution in [3.8, 4) is 11.1 Å². The summed E-state index contributed by atoms with van der Waals surface area (Å²) in [5.41, 5.74) is 6.09. The van der Waals surface area contributed by atoms with E-state index in [0.29, 0.717) is 10.3 Å². The highest BCUT2D eigenvalue weighted by atomic mass is 31.1. The molecule has 1 nitrogen and oxygen atoms in total. The highest BCUT2D eigenvalue weighted by Crippen LogP contribution is 2.59. The van der Waals surface area contributed by atoms with Crippen LogP contribution < -0.4 is 15.5 Å². The Kier molecular flexibility index (Phi) is 12.4. The molecular weight excluding hydrogens is 556 g/mol. The first-order chi connectivity index (χ1) is 20.5. The molecule has 2 fully saturated rings. The third-order valence-electron chi connectivity index (χ3n) is 9.17. The Bertz CT molecular complexity index is 1190. The average molecular weight is 616 g/mol. The number of nitrogens with zero attached hydrogens (tertiary/aromatic N) is 1. The van der Waals surface area contributed by atoms with Crippen molar-refractivity contribution in [2.75, 3.05) is 19.0 Å². The van der Waals surface area contributed by atoms with E-state index >= 15 is 0 Å². The van der Waals surface area contributed by atoms with Crippen molar-refractivity contribution in [2.24, 2.45) is 0 Å². The van der Waals surface area contributed by atoms with E-state index in [1.165, 1.54) is 86.3 Å². The van der Waals surface area contributed by atoms with Gasteiger partial charge in [0.2, 0.25) is 0 Å². The third-order valence-corrected chi connectivity index (χ3v) is 16.2. The van der Waals surface area contributed by atoms with Gasteiger partial charge in [-0.05, 0) is 81.2 Å². The van der Waals surface area contributed by atoms with Crippen molar-refractivity contribution in [1.82, 2.24) is 0 Å². The zero-order valence-electron chi connectivity index (χ0n) is 28.6. The molecule has 2 aliphatic carbocycles. The van der Waals surface area contributed by atoms with Crippen LogP contribution >= 0.6 is 15.8 Å². The molecule has 3 aromatic rings. The van der Waals surface area contributed by atoms with Gasteiger partial charge >= 0.3 is 0 Å². The summed E-state index contributed by atoms with van der Waals surface area (Å²) in [5, 5.41) is 3.80. The lowest BCUT2D eigenvalue weighted by Crippen LogP contribution is -2.31. The fraction of sp³-hybridized carbons (Fsp3) is 0.550. The van der Waals surface area contributed by atoms with Crippen molar-refractivity contribution in [3.05, 3.63) is 78.9 Å². The largest absolute Gasteiger partial charge is 0.378 e. The van der Waals surface area contributed by atoms with Crippen molar-refractivity contribution in [3.63, 3.8) is 0 Å². The second-order valence-electron chi connectivity index (χ2n) is 15.0. The van der Waals surface area contributed by atoms with Gasteiger partial charge in [-0.15, -0.1) is 0 Å². The van der Waals surface area contributed by atoms with E-state index in [2.05, 4.69) is 139 Å². The molecule has 0 spiro atoms. The van der Waals surface area contributed by atoms with Crippen LogP contribution in [0.25, 0.3) is 11.1 Å². The zero-order valence-corrected chi connectivity index (χ0v) is 30.4. The molecule has 2 saturated carbocycles. The van der Waals surface area contributed by atoms with Crippen LogP contribution in [0.5, 0.6) is 0 Å². The summed E-state index contributed by atoms with van der Waals surface area (Å²) >= 11 is 0. The molecule has 0 radical (unpaired) electrons. The van der Waals surface area contributed by atoms with E-state index in [4.69, 9.17) is 0 Å². The zero-order chi connectivity index (χ0) is 31.0. The monoisotopic (exact) mass is 615 g/mol. The maximum Gasteiger partial charge on any atom is 0.0361 e. The van der Waals surface area contributed by atoms with Crippen molar-refractivity contribution in [1.29, 1.82) is 0 Å². The Labute approximate surface area is 267 Å². The first kappa shape index (κ1) is 34.2. The van der Waals surface area contributed by atoms with Crippen molar-refractivity contribution < 1.29 is 0 Å². The van der Waals surface area contributed by atoms with Gasteiger partial charge in [0.15, 0.2) is 0 Å². The van der Waals surface area contributed by atoms with Crippen LogP contribution in [0.3, 0.4) is 0 Å². The molecule has 234 valence electrons. The van der Waals surface area contributed by atoms with Gasteiger partial charge in [-0.1, -0.05) is 163 Å². The Morgan fingerprint density at radius 2 is 1.02 bits per heavy atom. The molecule has 2 aliphatic rings. The molecule has 3 heteroatoms. The van der Waals surface area contributed by atoms with Crippen LogP contribution in [0.4, 0.5) is 5.69 Å². The summed E-state index contributed by atoms with van der Waals surface area (Å²) in [6, 6.07) is 29.4. The van der Waals surface area contributed by atoms with Crippen LogP contribution in [0.2, 0.25) is 0 Å². The summed E-state index contributed by atoms with van der Waals surface area (Å²) in [4.78, 5) is 2.22. The van der Waals surface area contributed by atoms with Gasteiger partial charge in [-0.25, -0.2) is 0 Å². The fourth-order valence-corrected chi connectivity index (χ4v) is 15.5. The molecule has 0 heterocycles. The molecule has 43 heavy (non-hydrogen) atoms. The SMILES string of the molecule is CC(C)(C)P(c1ccccc1-c1ccccc1)C(C)(C)C.CN(C)c1ccc(P(C2CCCCC2)C2CCCCC2)cc1. The quantitative estimate of drug-likeness (QED) is 0.249. The lowest BCUT2D eigenvalue weighted by atomic mass is 9.99. The minimum atomic E-state index is -0.282. The highest BCUT2D eigenvalue weighted by Gasteiger charge is 2.37. The predicted molar refractivity (Wildman–Crippen MR) is 199 cm³/mol. The molecule has 0 aliphatic heterocycles. The average Bonchev–Trinajstić information content (AvgIpc) is 2.98. The van der Waals surface area contributed by atoms with Crippen LogP contribution in [0.1, 0.15) is 106 Å². The lowest BCUT2D eigenvalue weighted by Gasteiger charge is -2.42. The summed E-state index contributed by atoms with van der Waals surface area (Å²) in [6.45, 7) is 14.3. The number of anilines is 1. The fourth-order valence-electron chi connectivity index (χ4n) is 7.62. The van der Waals surface area contributed by atoms with Crippen LogP contribution in [-0.4, -0.2) is 35.7 Å². The number of hydrogen-bond donors (Lipinski definition) is 0. The van der Waals surface area contributed by atoms with Crippen LogP contribution in [0.15, 0.2) is 78.9 Å². The number of rotatable bonds is 6. The molecular formula is C40H59NP2. The third kappa shape index (κ3) is 9.41. The van der Waals surface area contributed by atoms with Gasteiger partial charge in [0.25, 0.3) is 0 Å². The van der Waals surface area contributed by atoms with E-state index in [9.17, 15) is 0 Å². The van der Waals surface area contributed by atoms with Gasteiger partial charge < -0.3 is 4.90 Å². The summed E-state index contributed by atoms with van der Waals surface area (Å²) in [7, 11) is 4.05. The standard InChI is InChI=1S/C20H32NP.C20H27P/c1-21(2)17-13-15-20(16-14-17)22(18-9-5-3-6-10-18)19-11-7-4-8-12-19;1-19(2,3)21(20(4,5)6)18-15-11-10-14-17(18)16-12-8-7-9-13-16/h13-16,18-19H,3-12H2,1-2H3;7-15H,1-6H3. The molecule has 0 N–H and O–H groups in total. The summed E-state index contributed by atoms with van der Waals surface area (Å²) < 4.78 is 0. The Morgan fingerprint density at radius 1 is 0.558 bits per heavy atom. The predicted octanol–water partition coefficient (Wildman–Crippen LogP) is 11.6. The molecule has 5 rings (SSSR count). The topological polar surface area (TPSA) is 3.24 Å². The van der Waals surface area contributed by atoms with E-state index in [1.54, 1.807) is 5.30 Å². The minimum absolute atomic E-state index is 0.0577. The van der Waals surface area contributed by atoms with E-state index in [1.807, 2.05) is 0 Å². The van der Waals surface area contributed by atoms with Crippen molar-refractivity contribution >= 4 is 32.1 Å². The van der Waals surface area contributed by atoms with Crippen LogP contribution in [-0.2, 0) is 0 Å². The molecule has 3 aromatic carbocycles. The molecule has 0 bridgehead atoms. The summed E-state index contributed by atoms with van der Waals surface area (Å²) in [5.74, 6) is 0. The first-order valence-corrected chi connectivity index (χ1v) is 19.8. The Morgan fingerprint density at radius 3 is 1.49 bits per heavy atom. The smallest absolute Gasteiger partial charge is 0.0361 e. The van der Waals surface area contributed by atoms with Gasteiger partial charge in [0, 0.05) is 19.8 Å². The maximum absolute atomic E-state index is 2.46. The number of hydrogen-bond acceptors (Lipinski definition) is 1. The second kappa shape index (κ2) is 15.5. The van der Waals surface area contributed by atoms with Crippen LogP contribution in [0, 0.1) is 0 Å². The molecule has 0 aromatic heterocycles. The second-order valence-corrected chi connectivity index (χ2v) is 21.6. The van der Waals surface area contributed by atoms with Gasteiger partial charge in [-0.3, -0.25) is 0 Å². The Hall–Kier alpha value is -1.68. The van der Waals surface area contributed by atoms with Gasteiger partial charge in [0.05, 0.1) is 0 Å². The Balaban J connectivity index is 0.000000197.